The largest absolute Gasteiger partial charge is 0.314 e. The van der Waals surface area contributed by atoms with Gasteiger partial charge in [-0.25, -0.2) is 8.42 Å². The monoisotopic (exact) mass is 254 g/mol. The molecule has 1 fully saturated rings. The van der Waals surface area contributed by atoms with Crippen molar-refractivity contribution in [3.63, 3.8) is 0 Å². The molecule has 4 nitrogen and oxygen atoms in total. The van der Waals surface area contributed by atoms with Crippen molar-refractivity contribution in [2.75, 3.05) is 17.5 Å². The van der Waals surface area contributed by atoms with Crippen molar-refractivity contribution in [2.24, 2.45) is 0 Å². The predicted molar refractivity (Wildman–Crippen MR) is 69.6 cm³/mol. The van der Waals surface area contributed by atoms with Gasteiger partial charge in [0.25, 0.3) is 0 Å². The summed E-state index contributed by atoms with van der Waals surface area (Å²) in [6.45, 7) is 1.09. The quantitative estimate of drug-likeness (QED) is 0.853. The fourth-order valence-corrected chi connectivity index (χ4v) is 2.75. The lowest BCUT2D eigenvalue weighted by atomic mass is 10.0. The van der Waals surface area contributed by atoms with E-state index in [4.69, 9.17) is 0 Å². The molecule has 1 aromatic rings. The first kappa shape index (κ1) is 12.4. The maximum absolute atomic E-state index is 11.1. The van der Waals surface area contributed by atoms with Crippen molar-refractivity contribution in [1.82, 2.24) is 5.32 Å². The molecule has 0 bridgehead atoms. The summed E-state index contributed by atoms with van der Waals surface area (Å²) in [6, 6.07) is 8.13. The highest BCUT2D eigenvalue weighted by Crippen LogP contribution is 2.16. The molecule has 94 valence electrons. The minimum atomic E-state index is -3.19. The second kappa shape index (κ2) is 5.06. The minimum absolute atomic E-state index is 0.531. The summed E-state index contributed by atoms with van der Waals surface area (Å²) >= 11 is 0. The van der Waals surface area contributed by atoms with E-state index in [-0.39, 0.29) is 0 Å². The summed E-state index contributed by atoms with van der Waals surface area (Å²) in [7, 11) is -3.19. The first-order valence-electron chi connectivity index (χ1n) is 5.83. The lowest BCUT2D eigenvalue weighted by Gasteiger charge is -2.11. The predicted octanol–water partition coefficient (Wildman–Crippen LogP) is 1.35. The molecule has 1 saturated heterocycles. The lowest BCUT2D eigenvalue weighted by Crippen LogP contribution is -2.23. The van der Waals surface area contributed by atoms with Gasteiger partial charge in [0.1, 0.15) is 0 Å². The van der Waals surface area contributed by atoms with Crippen LogP contribution in [0.1, 0.15) is 18.4 Å². The number of benzene rings is 1. The zero-order chi connectivity index (χ0) is 12.3. The van der Waals surface area contributed by atoms with Crippen molar-refractivity contribution in [3.05, 3.63) is 29.8 Å². The van der Waals surface area contributed by atoms with Crippen LogP contribution in [0.25, 0.3) is 0 Å². The van der Waals surface area contributed by atoms with Crippen LogP contribution in [0.4, 0.5) is 5.69 Å². The van der Waals surface area contributed by atoms with Crippen molar-refractivity contribution in [1.29, 1.82) is 0 Å². The first-order chi connectivity index (χ1) is 8.03. The van der Waals surface area contributed by atoms with E-state index in [1.165, 1.54) is 12.8 Å². The molecule has 1 unspecified atom stereocenters. The van der Waals surface area contributed by atoms with Crippen LogP contribution in [0.5, 0.6) is 0 Å². The SMILES string of the molecule is CS(=O)(=O)Nc1cccc(CC2CCCN2)c1. The van der Waals surface area contributed by atoms with E-state index in [9.17, 15) is 8.42 Å². The highest BCUT2D eigenvalue weighted by atomic mass is 32.2. The minimum Gasteiger partial charge on any atom is -0.314 e. The summed E-state index contributed by atoms with van der Waals surface area (Å²) in [5.41, 5.74) is 1.81. The molecule has 2 N–H and O–H groups in total. The van der Waals surface area contributed by atoms with Crippen LogP contribution in [-0.4, -0.2) is 27.3 Å². The second-order valence-electron chi connectivity index (χ2n) is 4.57. The van der Waals surface area contributed by atoms with Gasteiger partial charge in [0.15, 0.2) is 0 Å². The van der Waals surface area contributed by atoms with Crippen LogP contribution in [0.2, 0.25) is 0 Å². The Hall–Kier alpha value is -1.07. The summed E-state index contributed by atoms with van der Waals surface area (Å²) in [6.07, 6.45) is 4.55. The van der Waals surface area contributed by atoms with Crippen LogP contribution >= 0.6 is 0 Å². The van der Waals surface area contributed by atoms with Crippen LogP contribution < -0.4 is 10.0 Å². The molecule has 0 aromatic heterocycles. The molecule has 0 radical (unpaired) electrons. The Labute approximate surface area is 102 Å². The van der Waals surface area contributed by atoms with Crippen LogP contribution in [0.15, 0.2) is 24.3 Å². The molecular formula is C12H18N2O2S. The number of hydrogen-bond acceptors (Lipinski definition) is 3. The van der Waals surface area contributed by atoms with E-state index in [0.717, 1.165) is 24.8 Å². The molecule has 0 saturated carbocycles. The second-order valence-corrected chi connectivity index (χ2v) is 6.32. The number of rotatable bonds is 4. The van der Waals surface area contributed by atoms with Gasteiger partial charge in [-0.15, -0.1) is 0 Å². The van der Waals surface area contributed by atoms with E-state index < -0.39 is 10.0 Å². The zero-order valence-corrected chi connectivity index (χ0v) is 10.8. The third-order valence-electron chi connectivity index (χ3n) is 2.87. The van der Waals surface area contributed by atoms with Gasteiger partial charge < -0.3 is 5.32 Å². The number of sulfonamides is 1. The van der Waals surface area contributed by atoms with Gasteiger partial charge in [0.2, 0.25) is 10.0 Å². The number of hydrogen-bond donors (Lipinski definition) is 2. The third kappa shape index (κ3) is 4.02. The standard InChI is InChI=1S/C12H18N2O2S/c1-17(15,16)14-12-5-2-4-10(9-12)8-11-6-3-7-13-11/h2,4-5,9,11,13-14H,3,6-8H2,1H3. The average molecular weight is 254 g/mol. The Morgan fingerprint density at radius 3 is 2.94 bits per heavy atom. The Balaban J connectivity index is 2.05. The Morgan fingerprint density at radius 2 is 2.29 bits per heavy atom. The van der Waals surface area contributed by atoms with Gasteiger partial charge in [0, 0.05) is 11.7 Å². The lowest BCUT2D eigenvalue weighted by molar-refractivity contribution is 0.603. The molecule has 1 heterocycles. The fourth-order valence-electron chi connectivity index (χ4n) is 2.19. The first-order valence-corrected chi connectivity index (χ1v) is 7.72. The molecule has 1 aliphatic heterocycles. The van der Waals surface area contributed by atoms with Gasteiger partial charge in [0.05, 0.1) is 6.26 Å². The smallest absolute Gasteiger partial charge is 0.229 e. The van der Waals surface area contributed by atoms with E-state index in [0.29, 0.717) is 11.7 Å². The van der Waals surface area contributed by atoms with Crippen LogP contribution in [0.3, 0.4) is 0 Å². The Kier molecular flexibility index (Phi) is 3.69. The molecule has 2 rings (SSSR count). The van der Waals surface area contributed by atoms with Crippen LogP contribution in [0, 0.1) is 0 Å². The van der Waals surface area contributed by atoms with Gasteiger partial charge in [-0.05, 0) is 43.5 Å². The Morgan fingerprint density at radius 1 is 1.47 bits per heavy atom. The van der Waals surface area contributed by atoms with Crippen LogP contribution in [-0.2, 0) is 16.4 Å². The van der Waals surface area contributed by atoms with Crippen molar-refractivity contribution in [3.8, 4) is 0 Å². The highest BCUT2D eigenvalue weighted by molar-refractivity contribution is 7.92. The summed E-state index contributed by atoms with van der Waals surface area (Å²) in [5, 5.41) is 3.43. The van der Waals surface area contributed by atoms with Gasteiger partial charge in [-0.2, -0.15) is 0 Å². The maximum Gasteiger partial charge on any atom is 0.229 e. The van der Waals surface area contributed by atoms with Gasteiger partial charge in [-0.3, -0.25) is 4.72 Å². The van der Waals surface area contributed by atoms with E-state index in [1.807, 2.05) is 18.2 Å². The molecule has 0 aliphatic carbocycles. The molecule has 17 heavy (non-hydrogen) atoms. The summed E-state index contributed by atoms with van der Waals surface area (Å²) in [5.74, 6) is 0. The van der Waals surface area contributed by atoms with Crippen molar-refractivity contribution in [2.45, 2.75) is 25.3 Å². The molecule has 5 heteroatoms. The van der Waals surface area contributed by atoms with Crippen molar-refractivity contribution < 1.29 is 8.42 Å². The number of anilines is 1. The van der Waals surface area contributed by atoms with Gasteiger partial charge in [-0.1, -0.05) is 12.1 Å². The third-order valence-corrected chi connectivity index (χ3v) is 3.48. The molecular weight excluding hydrogens is 236 g/mol. The topological polar surface area (TPSA) is 58.2 Å². The highest BCUT2D eigenvalue weighted by Gasteiger charge is 2.14. The molecule has 1 atom stereocenters. The molecule has 1 aliphatic rings. The van der Waals surface area contributed by atoms with E-state index in [1.54, 1.807) is 6.07 Å². The zero-order valence-electron chi connectivity index (χ0n) is 9.94. The fraction of sp³-hybridized carbons (Fsp3) is 0.500. The van der Waals surface area contributed by atoms with E-state index >= 15 is 0 Å². The average Bonchev–Trinajstić information content (AvgIpc) is 2.68. The Bertz CT molecular complexity index is 479. The van der Waals surface area contributed by atoms with Crippen molar-refractivity contribution >= 4 is 15.7 Å². The molecule has 1 aromatic carbocycles. The normalized spacial score (nSPS) is 20.4. The van der Waals surface area contributed by atoms with E-state index in [2.05, 4.69) is 10.0 Å². The number of nitrogens with one attached hydrogen (secondary N) is 2. The molecule has 0 spiro atoms. The summed E-state index contributed by atoms with van der Waals surface area (Å²) in [4.78, 5) is 0. The maximum atomic E-state index is 11.1. The summed E-state index contributed by atoms with van der Waals surface area (Å²) < 4.78 is 24.8. The molecule has 0 amide bonds. The van der Waals surface area contributed by atoms with Gasteiger partial charge >= 0.3 is 0 Å².